The Kier molecular flexibility index (Phi) is 4.00. The Hall–Kier alpha value is -1.38. The monoisotopic (exact) mass is 263 g/mol. The summed E-state index contributed by atoms with van der Waals surface area (Å²) in [4.78, 5) is 14.8. The number of fused-ring (bicyclic) bond motifs is 1. The fourth-order valence-corrected chi connectivity index (χ4v) is 3.48. The number of likely N-dealkylation sites (N-methyl/N-ethyl adjacent to an activating group) is 1. The molecule has 1 N–H and O–H groups in total. The lowest BCUT2D eigenvalue weighted by Gasteiger charge is -2.10. The number of nitrogens with one attached hydrogen (secondary N) is 1. The normalized spacial score (nSPS) is 14.1. The minimum Gasteiger partial charge on any atom is -0.315 e. The number of hydrogen-bond acceptors (Lipinski definition) is 4. The van der Waals surface area contributed by atoms with Crippen LogP contribution in [-0.2, 0) is 17.6 Å². The van der Waals surface area contributed by atoms with E-state index in [1.54, 1.807) is 11.3 Å². The third kappa shape index (κ3) is 2.71. The van der Waals surface area contributed by atoms with Crippen LogP contribution in [0.1, 0.15) is 28.8 Å². The van der Waals surface area contributed by atoms with Gasteiger partial charge >= 0.3 is 0 Å². The number of nitriles is 1. The van der Waals surface area contributed by atoms with Crippen LogP contribution in [0.15, 0.2) is 0 Å². The SMILES string of the molecule is CN(C)CC(=O)Nc1sc2c(c1C#N)CCCC2. The molecule has 5 heteroatoms. The molecule has 0 radical (unpaired) electrons. The summed E-state index contributed by atoms with van der Waals surface area (Å²) in [6.07, 6.45) is 4.34. The average Bonchev–Trinajstić information content (AvgIpc) is 2.64. The minimum absolute atomic E-state index is 0.0601. The Morgan fingerprint density at radius 2 is 2.17 bits per heavy atom. The topological polar surface area (TPSA) is 56.1 Å². The van der Waals surface area contributed by atoms with Crippen molar-refractivity contribution in [2.75, 3.05) is 26.0 Å². The molecule has 0 saturated carbocycles. The fraction of sp³-hybridized carbons (Fsp3) is 0.538. The Balaban J connectivity index is 2.21. The van der Waals surface area contributed by atoms with Gasteiger partial charge in [0.25, 0.3) is 0 Å². The van der Waals surface area contributed by atoms with Gasteiger partial charge in [0.15, 0.2) is 0 Å². The van der Waals surface area contributed by atoms with E-state index in [4.69, 9.17) is 0 Å². The molecule has 1 amide bonds. The van der Waals surface area contributed by atoms with E-state index in [0.29, 0.717) is 12.1 Å². The first kappa shape index (κ1) is 13.1. The number of rotatable bonds is 3. The molecule has 0 aliphatic heterocycles. The first-order valence-electron chi connectivity index (χ1n) is 6.11. The zero-order chi connectivity index (χ0) is 13.1. The van der Waals surface area contributed by atoms with Gasteiger partial charge in [-0.05, 0) is 45.3 Å². The van der Waals surface area contributed by atoms with Gasteiger partial charge in [0, 0.05) is 4.88 Å². The number of anilines is 1. The van der Waals surface area contributed by atoms with Crippen LogP contribution in [0.25, 0.3) is 0 Å². The maximum Gasteiger partial charge on any atom is 0.239 e. The highest BCUT2D eigenvalue weighted by Gasteiger charge is 2.21. The molecule has 1 aromatic rings. The molecule has 0 saturated heterocycles. The molecule has 2 rings (SSSR count). The fourth-order valence-electron chi connectivity index (χ4n) is 2.23. The second-order valence-electron chi connectivity index (χ2n) is 4.81. The van der Waals surface area contributed by atoms with Crippen molar-refractivity contribution >= 4 is 22.2 Å². The van der Waals surface area contributed by atoms with Crippen molar-refractivity contribution < 1.29 is 4.79 Å². The average molecular weight is 263 g/mol. The summed E-state index contributed by atoms with van der Waals surface area (Å²) >= 11 is 1.57. The molecule has 1 aromatic heterocycles. The summed E-state index contributed by atoms with van der Waals surface area (Å²) in [5, 5.41) is 12.9. The number of aryl methyl sites for hydroxylation is 1. The Morgan fingerprint density at radius 1 is 1.44 bits per heavy atom. The summed E-state index contributed by atoms with van der Waals surface area (Å²) in [7, 11) is 3.70. The van der Waals surface area contributed by atoms with Crippen LogP contribution >= 0.6 is 11.3 Å². The lowest BCUT2D eigenvalue weighted by molar-refractivity contribution is -0.116. The van der Waals surface area contributed by atoms with E-state index in [1.807, 2.05) is 19.0 Å². The van der Waals surface area contributed by atoms with Gasteiger partial charge in [-0.25, -0.2) is 0 Å². The van der Waals surface area contributed by atoms with Crippen LogP contribution < -0.4 is 5.32 Å². The molecule has 1 aliphatic carbocycles. The van der Waals surface area contributed by atoms with Crippen LogP contribution in [-0.4, -0.2) is 31.4 Å². The van der Waals surface area contributed by atoms with E-state index >= 15 is 0 Å². The summed E-state index contributed by atoms with van der Waals surface area (Å²) in [6.45, 7) is 0.341. The largest absolute Gasteiger partial charge is 0.315 e. The minimum atomic E-state index is -0.0601. The molecular formula is C13H17N3OS. The predicted octanol–water partition coefficient (Wildman–Crippen LogP) is 2.00. The molecule has 96 valence electrons. The molecule has 1 aliphatic rings. The summed E-state index contributed by atoms with van der Waals surface area (Å²) in [5.41, 5.74) is 1.84. The Labute approximate surface area is 111 Å². The van der Waals surface area contributed by atoms with E-state index in [1.165, 1.54) is 11.3 Å². The number of thiophene rings is 1. The van der Waals surface area contributed by atoms with Gasteiger partial charge in [-0.2, -0.15) is 5.26 Å². The Bertz CT molecular complexity index is 499. The molecule has 0 atom stereocenters. The summed E-state index contributed by atoms with van der Waals surface area (Å²) in [6, 6.07) is 2.24. The van der Waals surface area contributed by atoms with Crippen LogP contribution in [0.2, 0.25) is 0 Å². The van der Waals surface area contributed by atoms with Crippen molar-refractivity contribution in [3.63, 3.8) is 0 Å². The lowest BCUT2D eigenvalue weighted by Crippen LogP contribution is -2.27. The standard InChI is InChI=1S/C13H17N3OS/c1-16(2)8-12(17)15-13-10(7-14)9-5-3-4-6-11(9)18-13/h3-6,8H2,1-2H3,(H,15,17). The van der Waals surface area contributed by atoms with Crippen LogP contribution in [0.4, 0.5) is 5.00 Å². The first-order chi connectivity index (χ1) is 8.61. The van der Waals surface area contributed by atoms with E-state index in [0.717, 1.165) is 29.8 Å². The number of carbonyl (C=O) groups excluding carboxylic acids is 1. The van der Waals surface area contributed by atoms with Gasteiger partial charge in [0.2, 0.25) is 5.91 Å². The maximum absolute atomic E-state index is 11.7. The van der Waals surface area contributed by atoms with E-state index in [9.17, 15) is 10.1 Å². The van der Waals surface area contributed by atoms with Crippen molar-refractivity contribution in [3.05, 3.63) is 16.0 Å². The molecular weight excluding hydrogens is 246 g/mol. The van der Waals surface area contributed by atoms with E-state index in [-0.39, 0.29) is 5.91 Å². The smallest absolute Gasteiger partial charge is 0.239 e. The predicted molar refractivity (Wildman–Crippen MR) is 72.9 cm³/mol. The van der Waals surface area contributed by atoms with Gasteiger partial charge in [0.1, 0.15) is 11.1 Å². The van der Waals surface area contributed by atoms with Crippen LogP contribution in [0, 0.1) is 11.3 Å². The van der Waals surface area contributed by atoms with E-state index < -0.39 is 0 Å². The number of amides is 1. The molecule has 0 spiro atoms. The van der Waals surface area contributed by atoms with Gasteiger partial charge < -0.3 is 10.2 Å². The number of hydrogen-bond donors (Lipinski definition) is 1. The molecule has 0 unspecified atom stereocenters. The molecule has 18 heavy (non-hydrogen) atoms. The molecule has 4 nitrogen and oxygen atoms in total. The Morgan fingerprint density at radius 3 is 2.83 bits per heavy atom. The maximum atomic E-state index is 11.7. The van der Waals surface area contributed by atoms with Crippen molar-refractivity contribution in [2.45, 2.75) is 25.7 Å². The molecule has 0 bridgehead atoms. The highest BCUT2D eigenvalue weighted by Crippen LogP contribution is 2.37. The summed E-state index contributed by atoms with van der Waals surface area (Å²) < 4.78 is 0. The molecule has 0 aromatic carbocycles. The molecule has 0 fully saturated rings. The highest BCUT2D eigenvalue weighted by molar-refractivity contribution is 7.16. The van der Waals surface area contributed by atoms with Gasteiger partial charge in [-0.3, -0.25) is 4.79 Å². The van der Waals surface area contributed by atoms with Crippen molar-refractivity contribution in [2.24, 2.45) is 0 Å². The third-order valence-electron chi connectivity index (χ3n) is 3.00. The van der Waals surface area contributed by atoms with Crippen molar-refractivity contribution in [1.29, 1.82) is 5.26 Å². The third-order valence-corrected chi connectivity index (χ3v) is 4.20. The second-order valence-corrected chi connectivity index (χ2v) is 5.92. The van der Waals surface area contributed by atoms with Gasteiger partial charge in [0.05, 0.1) is 12.1 Å². The molecule has 1 heterocycles. The van der Waals surface area contributed by atoms with Crippen LogP contribution in [0.5, 0.6) is 0 Å². The van der Waals surface area contributed by atoms with Gasteiger partial charge in [-0.15, -0.1) is 11.3 Å². The zero-order valence-corrected chi connectivity index (χ0v) is 11.6. The van der Waals surface area contributed by atoms with Crippen molar-refractivity contribution in [3.8, 4) is 6.07 Å². The summed E-state index contributed by atoms with van der Waals surface area (Å²) in [5.74, 6) is -0.0601. The van der Waals surface area contributed by atoms with Gasteiger partial charge in [-0.1, -0.05) is 0 Å². The zero-order valence-electron chi connectivity index (χ0n) is 10.7. The quantitative estimate of drug-likeness (QED) is 0.907. The van der Waals surface area contributed by atoms with E-state index in [2.05, 4.69) is 11.4 Å². The number of nitrogens with zero attached hydrogens (tertiary/aromatic N) is 2. The van der Waals surface area contributed by atoms with Crippen LogP contribution in [0.3, 0.4) is 0 Å². The lowest BCUT2D eigenvalue weighted by atomic mass is 9.96. The second kappa shape index (κ2) is 5.51. The van der Waals surface area contributed by atoms with Crippen molar-refractivity contribution in [1.82, 2.24) is 4.90 Å². The number of carbonyl (C=O) groups is 1. The highest BCUT2D eigenvalue weighted by atomic mass is 32.1. The first-order valence-corrected chi connectivity index (χ1v) is 6.92.